The molecule has 0 spiro atoms. The van der Waals surface area contributed by atoms with Gasteiger partial charge >= 0.3 is 0 Å². The SMILES string of the molecule is C=C/C(Br)=C/COc1ccccc1. The van der Waals surface area contributed by atoms with Crippen LogP contribution >= 0.6 is 15.9 Å². The Balaban J connectivity index is 2.40. The number of hydrogen-bond donors (Lipinski definition) is 0. The van der Waals surface area contributed by atoms with Crippen molar-refractivity contribution >= 4 is 15.9 Å². The smallest absolute Gasteiger partial charge is 0.119 e. The average molecular weight is 239 g/mol. The van der Waals surface area contributed by atoms with Gasteiger partial charge in [0.15, 0.2) is 0 Å². The zero-order valence-corrected chi connectivity index (χ0v) is 8.83. The molecule has 1 aromatic carbocycles. The Morgan fingerprint density at radius 1 is 1.38 bits per heavy atom. The fourth-order valence-electron chi connectivity index (χ4n) is 0.818. The van der Waals surface area contributed by atoms with Gasteiger partial charge in [-0.2, -0.15) is 0 Å². The van der Waals surface area contributed by atoms with Crippen LogP contribution in [0.15, 0.2) is 53.5 Å². The van der Waals surface area contributed by atoms with Gasteiger partial charge in [0.2, 0.25) is 0 Å². The quantitative estimate of drug-likeness (QED) is 0.730. The predicted octanol–water partition coefficient (Wildman–Crippen LogP) is 3.53. The highest BCUT2D eigenvalue weighted by Gasteiger charge is 1.88. The molecule has 0 amide bonds. The molecule has 0 N–H and O–H groups in total. The first kappa shape index (κ1) is 10.1. The maximum absolute atomic E-state index is 5.42. The maximum Gasteiger partial charge on any atom is 0.119 e. The van der Waals surface area contributed by atoms with Gasteiger partial charge in [0.05, 0.1) is 0 Å². The van der Waals surface area contributed by atoms with Crippen LogP contribution in [0.2, 0.25) is 0 Å². The van der Waals surface area contributed by atoms with Crippen LogP contribution in [-0.4, -0.2) is 6.61 Å². The third kappa shape index (κ3) is 3.95. The minimum Gasteiger partial charge on any atom is -0.489 e. The number of para-hydroxylation sites is 1. The summed E-state index contributed by atoms with van der Waals surface area (Å²) < 4.78 is 6.37. The van der Waals surface area contributed by atoms with Gasteiger partial charge < -0.3 is 4.74 Å². The predicted molar refractivity (Wildman–Crippen MR) is 59.1 cm³/mol. The zero-order valence-electron chi connectivity index (χ0n) is 7.24. The lowest BCUT2D eigenvalue weighted by Gasteiger charge is -2.01. The van der Waals surface area contributed by atoms with Crippen LogP contribution < -0.4 is 4.74 Å². The Bertz CT molecular complexity index is 290. The van der Waals surface area contributed by atoms with Crippen molar-refractivity contribution in [1.82, 2.24) is 0 Å². The standard InChI is InChI=1S/C11H11BrO/c1-2-10(12)8-9-13-11-6-4-3-5-7-11/h2-8H,1,9H2/b10-8-. The lowest BCUT2D eigenvalue weighted by molar-refractivity contribution is 0.363. The number of benzene rings is 1. The fourth-order valence-corrected chi connectivity index (χ4v) is 0.950. The van der Waals surface area contributed by atoms with E-state index in [1.807, 2.05) is 36.4 Å². The average Bonchev–Trinajstić information content (AvgIpc) is 2.19. The molecule has 0 saturated carbocycles. The van der Waals surface area contributed by atoms with Gasteiger partial charge in [0, 0.05) is 4.48 Å². The molecule has 68 valence electrons. The molecule has 0 unspecified atom stereocenters. The van der Waals surface area contributed by atoms with Crippen LogP contribution in [0.3, 0.4) is 0 Å². The highest BCUT2D eigenvalue weighted by molar-refractivity contribution is 9.11. The number of halogens is 1. The van der Waals surface area contributed by atoms with E-state index in [2.05, 4.69) is 22.5 Å². The lowest BCUT2D eigenvalue weighted by Crippen LogP contribution is -1.92. The zero-order chi connectivity index (χ0) is 9.52. The first-order valence-electron chi connectivity index (χ1n) is 3.99. The lowest BCUT2D eigenvalue weighted by atomic mass is 10.3. The number of ether oxygens (including phenoxy) is 1. The van der Waals surface area contributed by atoms with Gasteiger partial charge in [0.1, 0.15) is 12.4 Å². The van der Waals surface area contributed by atoms with E-state index in [-0.39, 0.29) is 0 Å². The minimum atomic E-state index is 0.552. The van der Waals surface area contributed by atoms with Crippen LogP contribution in [0, 0.1) is 0 Å². The van der Waals surface area contributed by atoms with Crippen LogP contribution in [0.25, 0.3) is 0 Å². The summed E-state index contributed by atoms with van der Waals surface area (Å²) in [6, 6.07) is 9.71. The van der Waals surface area contributed by atoms with E-state index in [9.17, 15) is 0 Å². The van der Waals surface area contributed by atoms with Gasteiger partial charge in [-0.15, -0.1) is 0 Å². The molecule has 0 aromatic heterocycles. The molecule has 2 heteroatoms. The molecule has 1 aromatic rings. The van der Waals surface area contributed by atoms with Crippen molar-refractivity contribution in [2.24, 2.45) is 0 Å². The summed E-state index contributed by atoms with van der Waals surface area (Å²) in [6.07, 6.45) is 3.65. The number of hydrogen-bond acceptors (Lipinski definition) is 1. The molecule has 0 fully saturated rings. The van der Waals surface area contributed by atoms with E-state index in [0.29, 0.717) is 6.61 Å². The summed E-state index contributed by atoms with van der Waals surface area (Å²) in [6.45, 7) is 4.17. The minimum absolute atomic E-state index is 0.552. The van der Waals surface area contributed by atoms with E-state index in [4.69, 9.17) is 4.74 Å². The molecule has 1 rings (SSSR count). The van der Waals surface area contributed by atoms with Gasteiger partial charge in [-0.05, 0) is 18.2 Å². The van der Waals surface area contributed by atoms with Crippen LogP contribution in [0.5, 0.6) is 5.75 Å². The molecule has 1 nitrogen and oxygen atoms in total. The second kappa shape index (κ2) is 5.60. The third-order valence-electron chi connectivity index (χ3n) is 1.47. The van der Waals surface area contributed by atoms with Gasteiger partial charge in [-0.1, -0.05) is 46.8 Å². The Morgan fingerprint density at radius 2 is 2.08 bits per heavy atom. The Labute approximate surface area is 86.9 Å². The largest absolute Gasteiger partial charge is 0.489 e. The van der Waals surface area contributed by atoms with E-state index in [0.717, 1.165) is 10.2 Å². The summed E-state index contributed by atoms with van der Waals surface area (Å²) in [4.78, 5) is 0. The second-order valence-corrected chi connectivity index (χ2v) is 3.33. The third-order valence-corrected chi connectivity index (χ3v) is 2.11. The number of allylic oxidation sites excluding steroid dienone is 2. The topological polar surface area (TPSA) is 9.23 Å². The number of rotatable bonds is 4. The van der Waals surface area contributed by atoms with Crippen LogP contribution in [0.1, 0.15) is 0 Å². The highest BCUT2D eigenvalue weighted by atomic mass is 79.9. The van der Waals surface area contributed by atoms with Crippen LogP contribution in [-0.2, 0) is 0 Å². The first-order chi connectivity index (χ1) is 6.33. The van der Waals surface area contributed by atoms with Crippen molar-refractivity contribution in [1.29, 1.82) is 0 Å². The molecule has 0 bridgehead atoms. The van der Waals surface area contributed by atoms with Gasteiger partial charge in [0.25, 0.3) is 0 Å². The fraction of sp³-hybridized carbons (Fsp3) is 0.0909. The molecule has 0 aliphatic heterocycles. The molecule has 0 heterocycles. The molecule has 0 aliphatic carbocycles. The van der Waals surface area contributed by atoms with Crippen molar-refractivity contribution in [3.8, 4) is 5.75 Å². The molecular weight excluding hydrogens is 228 g/mol. The molecule has 0 atom stereocenters. The monoisotopic (exact) mass is 238 g/mol. The Morgan fingerprint density at radius 3 is 2.69 bits per heavy atom. The molecule has 0 saturated heterocycles. The van der Waals surface area contributed by atoms with Gasteiger partial charge in [-0.25, -0.2) is 0 Å². The highest BCUT2D eigenvalue weighted by Crippen LogP contribution is 2.09. The van der Waals surface area contributed by atoms with Gasteiger partial charge in [-0.3, -0.25) is 0 Å². The van der Waals surface area contributed by atoms with E-state index in [1.54, 1.807) is 6.08 Å². The Hall–Kier alpha value is -1.02. The summed E-state index contributed by atoms with van der Waals surface area (Å²) in [5, 5.41) is 0. The molecule has 0 radical (unpaired) electrons. The van der Waals surface area contributed by atoms with Crippen molar-refractivity contribution in [3.63, 3.8) is 0 Å². The van der Waals surface area contributed by atoms with E-state index in [1.165, 1.54) is 0 Å². The molecule has 13 heavy (non-hydrogen) atoms. The summed E-state index contributed by atoms with van der Waals surface area (Å²) in [5.74, 6) is 0.878. The first-order valence-corrected chi connectivity index (χ1v) is 4.78. The Kier molecular flexibility index (Phi) is 4.33. The normalized spacial score (nSPS) is 11.0. The van der Waals surface area contributed by atoms with Crippen molar-refractivity contribution in [2.45, 2.75) is 0 Å². The van der Waals surface area contributed by atoms with Crippen molar-refractivity contribution < 1.29 is 4.74 Å². The van der Waals surface area contributed by atoms with E-state index >= 15 is 0 Å². The maximum atomic E-state index is 5.42. The summed E-state index contributed by atoms with van der Waals surface area (Å²) >= 11 is 3.31. The summed E-state index contributed by atoms with van der Waals surface area (Å²) in [5.41, 5.74) is 0. The van der Waals surface area contributed by atoms with E-state index < -0.39 is 0 Å². The molecular formula is C11H11BrO. The van der Waals surface area contributed by atoms with Crippen LogP contribution in [0.4, 0.5) is 0 Å². The van der Waals surface area contributed by atoms with Crippen molar-refractivity contribution in [2.75, 3.05) is 6.61 Å². The summed E-state index contributed by atoms with van der Waals surface area (Å²) in [7, 11) is 0. The van der Waals surface area contributed by atoms with Crippen molar-refractivity contribution in [3.05, 3.63) is 53.5 Å². The second-order valence-electron chi connectivity index (χ2n) is 2.42. The molecule has 0 aliphatic rings.